The van der Waals surface area contributed by atoms with Crippen molar-refractivity contribution in [2.45, 2.75) is 51.1 Å². The highest BCUT2D eigenvalue weighted by Crippen LogP contribution is 2.32. The molecular weight excluding hydrogens is 264 g/mol. The van der Waals surface area contributed by atoms with Gasteiger partial charge < -0.3 is 4.52 Å². The minimum Gasteiger partial charge on any atom is -0.338 e. The van der Waals surface area contributed by atoms with Gasteiger partial charge in [-0.15, -0.1) is 5.10 Å². The van der Waals surface area contributed by atoms with Crippen LogP contribution in [0.2, 0.25) is 0 Å². The monoisotopic (exact) mass is 282 g/mol. The largest absolute Gasteiger partial charge is 0.338 e. The standard InChI is InChI=1S/C11H18N6OS/c1-5-9-12-10(18-14-9)8(4)19-11-13-15-16-17(11)6-7(2)3/h7-8H,5-6H2,1-4H3. The van der Waals surface area contributed by atoms with Crippen LogP contribution >= 0.6 is 11.8 Å². The van der Waals surface area contributed by atoms with Gasteiger partial charge in [0, 0.05) is 13.0 Å². The molecule has 2 heterocycles. The van der Waals surface area contributed by atoms with Crippen LogP contribution in [0.15, 0.2) is 9.68 Å². The van der Waals surface area contributed by atoms with E-state index in [1.807, 2.05) is 18.5 Å². The van der Waals surface area contributed by atoms with Gasteiger partial charge in [-0.25, -0.2) is 4.68 Å². The van der Waals surface area contributed by atoms with Crippen molar-refractivity contribution < 1.29 is 4.52 Å². The normalized spacial score (nSPS) is 13.1. The van der Waals surface area contributed by atoms with E-state index in [4.69, 9.17) is 4.52 Å². The molecule has 1 unspecified atom stereocenters. The van der Waals surface area contributed by atoms with E-state index < -0.39 is 0 Å². The zero-order chi connectivity index (χ0) is 13.8. The molecule has 19 heavy (non-hydrogen) atoms. The smallest absolute Gasteiger partial charge is 0.239 e. The Labute approximate surface area is 116 Å². The summed E-state index contributed by atoms with van der Waals surface area (Å²) in [6.45, 7) is 9.06. The highest BCUT2D eigenvalue weighted by Gasteiger charge is 2.19. The van der Waals surface area contributed by atoms with E-state index in [2.05, 4.69) is 39.5 Å². The fourth-order valence-electron chi connectivity index (χ4n) is 1.53. The number of hydrogen-bond donors (Lipinski definition) is 0. The van der Waals surface area contributed by atoms with Crippen LogP contribution < -0.4 is 0 Å². The lowest BCUT2D eigenvalue weighted by atomic mass is 10.2. The second-order valence-electron chi connectivity index (χ2n) is 4.70. The van der Waals surface area contributed by atoms with Gasteiger partial charge in [-0.3, -0.25) is 0 Å². The minimum absolute atomic E-state index is 0.0321. The maximum atomic E-state index is 5.23. The average molecular weight is 282 g/mol. The van der Waals surface area contributed by atoms with Crippen LogP contribution in [-0.2, 0) is 13.0 Å². The molecule has 104 valence electrons. The summed E-state index contributed by atoms with van der Waals surface area (Å²) in [4.78, 5) is 4.32. The Hall–Kier alpha value is -1.44. The number of nitrogens with zero attached hydrogens (tertiary/aromatic N) is 6. The maximum Gasteiger partial charge on any atom is 0.239 e. The maximum absolute atomic E-state index is 5.23. The first-order valence-electron chi connectivity index (χ1n) is 6.35. The van der Waals surface area contributed by atoms with Crippen molar-refractivity contribution in [2.75, 3.05) is 0 Å². The van der Waals surface area contributed by atoms with E-state index >= 15 is 0 Å². The lowest BCUT2D eigenvalue weighted by Crippen LogP contribution is -2.08. The first-order chi connectivity index (χ1) is 9.10. The van der Waals surface area contributed by atoms with Gasteiger partial charge in [-0.1, -0.05) is 37.7 Å². The molecule has 0 aliphatic carbocycles. The van der Waals surface area contributed by atoms with Crippen LogP contribution in [0, 0.1) is 5.92 Å². The Bertz CT molecular complexity index is 523. The van der Waals surface area contributed by atoms with E-state index in [0.29, 0.717) is 11.8 Å². The van der Waals surface area contributed by atoms with Gasteiger partial charge in [-0.2, -0.15) is 4.98 Å². The quantitative estimate of drug-likeness (QED) is 0.750. The molecular formula is C11H18N6OS. The summed E-state index contributed by atoms with van der Waals surface area (Å²) < 4.78 is 7.04. The topological polar surface area (TPSA) is 82.5 Å². The molecule has 7 nitrogen and oxygen atoms in total. The molecule has 2 rings (SSSR count). The number of rotatable bonds is 6. The third-order valence-corrected chi connectivity index (χ3v) is 3.53. The van der Waals surface area contributed by atoms with Crippen LogP contribution in [0.5, 0.6) is 0 Å². The van der Waals surface area contributed by atoms with Gasteiger partial charge >= 0.3 is 0 Å². The molecule has 0 aromatic carbocycles. The van der Waals surface area contributed by atoms with Crippen molar-refractivity contribution >= 4 is 11.8 Å². The molecule has 2 aromatic heterocycles. The van der Waals surface area contributed by atoms with Crippen LogP contribution in [0.3, 0.4) is 0 Å². The zero-order valence-electron chi connectivity index (χ0n) is 11.6. The van der Waals surface area contributed by atoms with Crippen LogP contribution in [-0.4, -0.2) is 30.3 Å². The number of aryl methyl sites for hydroxylation is 1. The van der Waals surface area contributed by atoms with Gasteiger partial charge in [0.05, 0.1) is 5.25 Å². The molecule has 0 saturated carbocycles. The predicted octanol–water partition coefficient (Wildman–Crippen LogP) is 2.13. The van der Waals surface area contributed by atoms with E-state index in [1.54, 1.807) is 0 Å². The molecule has 0 bridgehead atoms. The molecule has 2 aromatic rings. The zero-order valence-corrected chi connectivity index (χ0v) is 12.4. The van der Waals surface area contributed by atoms with E-state index in [9.17, 15) is 0 Å². The Morgan fingerprint density at radius 1 is 1.32 bits per heavy atom. The van der Waals surface area contributed by atoms with Crippen molar-refractivity contribution in [1.29, 1.82) is 0 Å². The number of hydrogen-bond acceptors (Lipinski definition) is 7. The van der Waals surface area contributed by atoms with Crippen molar-refractivity contribution in [2.24, 2.45) is 5.92 Å². The molecule has 1 atom stereocenters. The van der Waals surface area contributed by atoms with Crippen molar-refractivity contribution in [3.63, 3.8) is 0 Å². The number of aromatic nitrogens is 6. The van der Waals surface area contributed by atoms with Crippen molar-refractivity contribution in [3.05, 3.63) is 11.7 Å². The first kappa shape index (κ1) is 14.0. The van der Waals surface area contributed by atoms with Gasteiger partial charge in [0.15, 0.2) is 5.82 Å². The Morgan fingerprint density at radius 2 is 2.11 bits per heavy atom. The summed E-state index contributed by atoms with van der Waals surface area (Å²) in [6.07, 6.45) is 0.770. The molecule has 0 radical (unpaired) electrons. The SMILES string of the molecule is CCc1noc(C(C)Sc2nnnn2CC(C)C)n1. The molecule has 0 spiro atoms. The molecule has 0 fully saturated rings. The summed E-state index contributed by atoms with van der Waals surface area (Å²) >= 11 is 1.53. The molecule has 0 N–H and O–H groups in total. The summed E-state index contributed by atoms with van der Waals surface area (Å²) in [5, 5.41) is 16.5. The summed E-state index contributed by atoms with van der Waals surface area (Å²) in [5.41, 5.74) is 0. The summed E-state index contributed by atoms with van der Waals surface area (Å²) in [6, 6.07) is 0. The van der Waals surface area contributed by atoms with Gasteiger partial charge in [0.2, 0.25) is 11.0 Å². The lowest BCUT2D eigenvalue weighted by Gasteiger charge is -2.08. The Morgan fingerprint density at radius 3 is 2.74 bits per heavy atom. The van der Waals surface area contributed by atoms with Crippen LogP contribution in [0.25, 0.3) is 0 Å². The van der Waals surface area contributed by atoms with Gasteiger partial charge in [0.1, 0.15) is 0 Å². The van der Waals surface area contributed by atoms with Crippen molar-refractivity contribution in [1.82, 2.24) is 30.3 Å². The first-order valence-corrected chi connectivity index (χ1v) is 7.23. The number of tetrazole rings is 1. The fraction of sp³-hybridized carbons (Fsp3) is 0.727. The van der Waals surface area contributed by atoms with E-state index in [1.165, 1.54) is 11.8 Å². The van der Waals surface area contributed by atoms with Crippen molar-refractivity contribution in [3.8, 4) is 0 Å². The number of thioether (sulfide) groups is 1. The van der Waals surface area contributed by atoms with Gasteiger partial charge in [-0.05, 0) is 23.3 Å². The third kappa shape index (κ3) is 3.52. The third-order valence-electron chi connectivity index (χ3n) is 2.47. The molecule has 0 saturated heterocycles. The second-order valence-corrected chi connectivity index (χ2v) is 6.01. The fourth-order valence-corrected chi connectivity index (χ4v) is 2.36. The average Bonchev–Trinajstić information content (AvgIpc) is 2.98. The van der Waals surface area contributed by atoms with Gasteiger partial charge in [0.25, 0.3) is 0 Å². The molecule has 8 heteroatoms. The highest BCUT2D eigenvalue weighted by atomic mass is 32.2. The Balaban J connectivity index is 2.06. The molecule has 0 aliphatic heterocycles. The van der Waals surface area contributed by atoms with Crippen LogP contribution in [0.4, 0.5) is 0 Å². The molecule has 0 amide bonds. The van der Waals surface area contributed by atoms with E-state index in [0.717, 1.165) is 23.9 Å². The predicted molar refractivity (Wildman–Crippen MR) is 70.6 cm³/mol. The van der Waals surface area contributed by atoms with Crippen LogP contribution in [0.1, 0.15) is 44.7 Å². The van der Waals surface area contributed by atoms with E-state index in [-0.39, 0.29) is 5.25 Å². The molecule has 0 aliphatic rings. The summed E-state index contributed by atoms with van der Waals surface area (Å²) in [5.74, 6) is 1.83. The Kier molecular flexibility index (Phi) is 4.52. The second kappa shape index (κ2) is 6.14. The highest BCUT2D eigenvalue weighted by molar-refractivity contribution is 7.99. The lowest BCUT2D eigenvalue weighted by molar-refractivity contribution is 0.374. The minimum atomic E-state index is 0.0321. The summed E-state index contributed by atoms with van der Waals surface area (Å²) in [7, 11) is 0.